The number of hydrogen-bond donors (Lipinski definition) is 2. The first-order chi connectivity index (χ1) is 13.1. The van der Waals surface area contributed by atoms with Crippen LogP contribution in [0.4, 0.5) is 0 Å². The molecule has 156 valence electrons. The van der Waals surface area contributed by atoms with Gasteiger partial charge in [-0.05, 0) is 43.4 Å². The van der Waals surface area contributed by atoms with Gasteiger partial charge >= 0.3 is 11.8 Å². The van der Waals surface area contributed by atoms with E-state index in [-0.39, 0.29) is 23.9 Å². The van der Waals surface area contributed by atoms with Crippen molar-refractivity contribution in [3.63, 3.8) is 0 Å². The number of nitrogens with one attached hydrogen (secondary N) is 2. The quantitative estimate of drug-likeness (QED) is 0.678. The minimum Gasteiger partial charge on any atom is -0.360 e. The smallest absolute Gasteiger partial charge is 0.309 e. The van der Waals surface area contributed by atoms with E-state index in [9.17, 15) is 18.0 Å². The summed E-state index contributed by atoms with van der Waals surface area (Å²) in [5.41, 5.74) is 1.49. The molecule has 1 aromatic carbocycles. The van der Waals surface area contributed by atoms with Crippen molar-refractivity contribution in [1.82, 2.24) is 14.9 Å². The fourth-order valence-electron chi connectivity index (χ4n) is 2.85. The van der Waals surface area contributed by atoms with Gasteiger partial charge in [-0.15, -0.1) is 0 Å². The summed E-state index contributed by atoms with van der Waals surface area (Å²) in [4.78, 5) is 24.0. The summed E-state index contributed by atoms with van der Waals surface area (Å²) in [5, 5.41) is 5.00. The van der Waals surface area contributed by atoms with E-state index in [1.54, 1.807) is 19.1 Å². The Balaban J connectivity index is 2.10. The standard InChI is InChI=1S/C19H29N3O5S/c1-13(2)11-20-18(23)19(24)21-12-17-22(8-5-9-27-17)28(25,26)16-10-14(3)6-7-15(16)4/h6-7,10,13,17H,5,8-9,11-12H2,1-4H3,(H,20,23)(H,21,24)/t17-/m0/s1. The maximum absolute atomic E-state index is 13.2. The molecule has 1 aliphatic rings. The minimum atomic E-state index is -3.80. The van der Waals surface area contributed by atoms with Crippen molar-refractivity contribution in [2.75, 3.05) is 26.2 Å². The zero-order chi connectivity index (χ0) is 20.9. The Hall–Kier alpha value is -1.97. The highest BCUT2D eigenvalue weighted by atomic mass is 32.2. The predicted octanol–water partition coefficient (Wildman–Crippen LogP) is 0.929. The summed E-state index contributed by atoms with van der Waals surface area (Å²) in [7, 11) is -3.80. The van der Waals surface area contributed by atoms with Gasteiger partial charge in [0.25, 0.3) is 0 Å². The van der Waals surface area contributed by atoms with Crippen molar-refractivity contribution in [2.24, 2.45) is 5.92 Å². The molecule has 0 aliphatic carbocycles. The molecule has 0 bridgehead atoms. The molecule has 0 spiro atoms. The Labute approximate surface area is 166 Å². The minimum absolute atomic E-state index is 0.0992. The average molecular weight is 412 g/mol. The molecule has 0 saturated carbocycles. The Morgan fingerprint density at radius 3 is 2.57 bits per heavy atom. The first-order valence-electron chi connectivity index (χ1n) is 9.39. The van der Waals surface area contributed by atoms with Crippen molar-refractivity contribution in [1.29, 1.82) is 0 Å². The molecule has 1 aliphatic heterocycles. The number of benzene rings is 1. The molecule has 1 atom stereocenters. The number of aryl methyl sites for hydroxylation is 2. The summed E-state index contributed by atoms with van der Waals surface area (Å²) in [6.07, 6.45) is -0.302. The van der Waals surface area contributed by atoms with Gasteiger partial charge < -0.3 is 15.4 Å². The van der Waals surface area contributed by atoms with Crippen molar-refractivity contribution >= 4 is 21.8 Å². The van der Waals surface area contributed by atoms with Gasteiger partial charge in [-0.2, -0.15) is 4.31 Å². The van der Waals surface area contributed by atoms with Crippen LogP contribution in [0.3, 0.4) is 0 Å². The molecule has 0 aromatic heterocycles. The van der Waals surface area contributed by atoms with Gasteiger partial charge in [-0.3, -0.25) is 9.59 Å². The van der Waals surface area contributed by atoms with Crippen molar-refractivity contribution in [3.8, 4) is 0 Å². The van der Waals surface area contributed by atoms with Crippen molar-refractivity contribution in [3.05, 3.63) is 29.3 Å². The van der Waals surface area contributed by atoms with Gasteiger partial charge in [0.1, 0.15) is 6.23 Å². The molecule has 9 heteroatoms. The third kappa shape index (κ3) is 5.52. The number of rotatable bonds is 6. The summed E-state index contributed by atoms with van der Waals surface area (Å²) >= 11 is 0. The molecule has 1 saturated heterocycles. The fraction of sp³-hybridized carbons (Fsp3) is 0.579. The van der Waals surface area contributed by atoms with Gasteiger partial charge in [0.15, 0.2) is 0 Å². The van der Waals surface area contributed by atoms with E-state index in [1.807, 2.05) is 26.8 Å². The van der Waals surface area contributed by atoms with Crippen LogP contribution in [0.5, 0.6) is 0 Å². The monoisotopic (exact) mass is 411 g/mol. The summed E-state index contributed by atoms with van der Waals surface area (Å²) in [5.74, 6) is -1.33. The van der Waals surface area contributed by atoms with Crippen LogP contribution in [0.15, 0.2) is 23.1 Å². The number of amides is 2. The van der Waals surface area contributed by atoms with Crippen LogP contribution in [0.2, 0.25) is 0 Å². The second-order valence-corrected chi connectivity index (χ2v) is 9.24. The fourth-order valence-corrected chi connectivity index (χ4v) is 4.73. The number of sulfonamides is 1. The molecule has 1 fully saturated rings. The van der Waals surface area contributed by atoms with Crippen LogP contribution in [0.1, 0.15) is 31.4 Å². The second kappa shape index (κ2) is 9.49. The molecule has 2 amide bonds. The largest absolute Gasteiger partial charge is 0.360 e. The van der Waals surface area contributed by atoms with Crippen LogP contribution in [0.25, 0.3) is 0 Å². The predicted molar refractivity (Wildman–Crippen MR) is 105 cm³/mol. The molecule has 0 unspecified atom stereocenters. The lowest BCUT2D eigenvalue weighted by molar-refractivity contribution is -0.140. The Morgan fingerprint density at radius 2 is 1.89 bits per heavy atom. The number of carbonyl (C=O) groups is 2. The van der Waals surface area contributed by atoms with Crippen LogP contribution >= 0.6 is 0 Å². The highest BCUT2D eigenvalue weighted by Crippen LogP contribution is 2.25. The molecule has 8 nitrogen and oxygen atoms in total. The number of nitrogens with zero attached hydrogens (tertiary/aromatic N) is 1. The third-order valence-electron chi connectivity index (χ3n) is 4.40. The number of carbonyl (C=O) groups excluding carboxylic acids is 2. The molecule has 0 radical (unpaired) electrons. The van der Waals surface area contributed by atoms with Gasteiger partial charge in [0, 0.05) is 13.1 Å². The summed E-state index contributed by atoms with van der Waals surface area (Å²) in [6, 6.07) is 5.26. The van der Waals surface area contributed by atoms with E-state index in [1.165, 1.54) is 4.31 Å². The molecule has 2 N–H and O–H groups in total. The number of ether oxygens (including phenoxy) is 1. The van der Waals surface area contributed by atoms with Crippen LogP contribution < -0.4 is 10.6 Å². The van der Waals surface area contributed by atoms with Crippen LogP contribution in [0, 0.1) is 19.8 Å². The van der Waals surface area contributed by atoms with Crippen molar-refractivity contribution < 1.29 is 22.7 Å². The van der Waals surface area contributed by atoms with E-state index < -0.39 is 28.1 Å². The summed E-state index contributed by atoms with van der Waals surface area (Å²) < 4.78 is 33.2. The lowest BCUT2D eigenvalue weighted by Crippen LogP contribution is -2.53. The molecular weight excluding hydrogens is 382 g/mol. The highest BCUT2D eigenvalue weighted by Gasteiger charge is 2.35. The average Bonchev–Trinajstić information content (AvgIpc) is 2.66. The normalized spacial score (nSPS) is 18.1. The Bertz CT molecular complexity index is 823. The van der Waals surface area contributed by atoms with E-state index in [0.29, 0.717) is 25.1 Å². The molecule has 2 rings (SSSR count). The first-order valence-corrected chi connectivity index (χ1v) is 10.8. The maximum atomic E-state index is 13.2. The van der Waals surface area contributed by atoms with Crippen LogP contribution in [-0.4, -0.2) is 57.0 Å². The lowest BCUT2D eigenvalue weighted by Gasteiger charge is -2.35. The topological polar surface area (TPSA) is 105 Å². The SMILES string of the molecule is Cc1ccc(C)c(S(=O)(=O)N2CCCO[C@H]2CNC(=O)C(=O)NCC(C)C)c1. The molecule has 28 heavy (non-hydrogen) atoms. The Kier molecular flexibility index (Phi) is 7.56. The second-order valence-electron chi connectivity index (χ2n) is 7.38. The van der Waals surface area contributed by atoms with E-state index in [0.717, 1.165) is 5.56 Å². The van der Waals surface area contributed by atoms with Gasteiger partial charge in [-0.1, -0.05) is 26.0 Å². The zero-order valence-electron chi connectivity index (χ0n) is 16.8. The van der Waals surface area contributed by atoms with Gasteiger partial charge in [0.05, 0.1) is 18.0 Å². The molecule has 1 aromatic rings. The Morgan fingerprint density at radius 1 is 1.21 bits per heavy atom. The maximum Gasteiger partial charge on any atom is 0.309 e. The third-order valence-corrected chi connectivity index (χ3v) is 6.43. The van der Waals surface area contributed by atoms with E-state index in [4.69, 9.17) is 4.74 Å². The summed E-state index contributed by atoms with van der Waals surface area (Å²) in [6.45, 7) is 8.38. The lowest BCUT2D eigenvalue weighted by atomic mass is 10.2. The molecule has 1 heterocycles. The first kappa shape index (κ1) is 22.3. The van der Waals surface area contributed by atoms with Crippen LogP contribution in [-0.2, 0) is 24.3 Å². The number of hydrogen-bond acceptors (Lipinski definition) is 5. The van der Waals surface area contributed by atoms with E-state index >= 15 is 0 Å². The highest BCUT2D eigenvalue weighted by molar-refractivity contribution is 7.89. The molecular formula is C19H29N3O5S. The zero-order valence-corrected chi connectivity index (χ0v) is 17.6. The van der Waals surface area contributed by atoms with Gasteiger partial charge in [0.2, 0.25) is 10.0 Å². The van der Waals surface area contributed by atoms with E-state index in [2.05, 4.69) is 10.6 Å². The van der Waals surface area contributed by atoms with Crippen molar-refractivity contribution in [2.45, 2.75) is 45.2 Å². The van der Waals surface area contributed by atoms with Gasteiger partial charge in [-0.25, -0.2) is 8.42 Å².